The van der Waals surface area contributed by atoms with E-state index in [1.807, 2.05) is 32.0 Å². The van der Waals surface area contributed by atoms with E-state index in [4.69, 9.17) is 4.52 Å². The van der Waals surface area contributed by atoms with Crippen LogP contribution in [0.4, 0.5) is 0 Å². The molecule has 0 aromatic heterocycles. The summed E-state index contributed by atoms with van der Waals surface area (Å²) in [5.74, 6) is 0.645. The van der Waals surface area contributed by atoms with Gasteiger partial charge >= 0.3 is 0 Å². The van der Waals surface area contributed by atoms with Crippen molar-refractivity contribution in [1.29, 1.82) is 0 Å². The quantitative estimate of drug-likeness (QED) is 0.532. The van der Waals surface area contributed by atoms with Gasteiger partial charge in [-0.1, -0.05) is 36.4 Å². The summed E-state index contributed by atoms with van der Waals surface area (Å²) in [5, 5.41) is 20.4. The summed E-state index contributed by atoms with van der Waals surface area (Å²) in [6.45, 7) is 3.81. The fourth-order valence-corrected chi connectivity index (χ4v) is 4.03. The van der Waals surface area contributed by atoms with Crippen molar-refractivity contribution in [2.75, 3.05) is 0 Å². The predicted molar refractivity (Wildman–Crippen MR) is 100 cm³/mol. The van der Waals surface area contributed by atoms with E-state index in [1.54, 1.807) is 24.3 Å². The minimum atomic E-state index is -2.61. The van der Waals surface area contributed by atoms with Crippen LogP contribution in [0.2, 0.25) is 0 Å². The molecule has 3 aromatic rings. The molecule has 0 spiro atoms. The van der Waals surface area contributed by atoms with E-state index in [9.17, 15) is 14.8 Å². The number of benzene rings is 3. The standard InChI is InChI=1S/C20H19O4P/c1-13-6-5-7-14(2)20(13)24-25(23)19-9-4-3-8-16(19)17-12-15(21)10-11-18(17)22/h3-12,21-22,25H,1-2H3. The first-order chi connectivity index (χ1) is 12.0. The summed E-state index contributed by atoms with van der Waals surface area (Å²) in [6, 6.07) is 17.0. The number of phenolic OH excluding ortho intramolecular Hbond substituents is 2. The SMILES string of the molecule is Cc1cccc(C)c1O[PH](=O)c1ccccc1-c1cc(O)ccc1O. The fraction of sp³-hybridized carbons (Fsp3) is 0.100. The Balaban J connectivity index is 2.04. The zero-order valence-corrected chi connectivity index (χ0v) is 15.0. The van der Waals surface area contributed by atoms with Crippen molar-refractivity contribution >= 4 is 13.3 Å². The number of para-hydroxylation sites is 1. The van der Waals surface area contributed by atoms with Crippen molar-refractivity contribution in [3.63, 3.8) is 0 Å². The molecule has 3 rings (SSSR count). The number of hydrogen-bond donors (Lipinski definition) is 2. The molecule has 0 amide bonds. The van der Waals surface area contributed by atoms with E-state index in [0.717, 1.165) is 11.1 Å². The minimum Gasteiger partial charge on any atom is -0.508 e. The smallest absolute Gasteiger partial charge is 0.266 e. The van der Waals surface area contributed by atoms with E-state index in [1.165, 1.54) is 18.2 Å². The van der Waals surface area contributed by atoms with Crippen molar-refractivity contribution in [1.82, 2.24) is 0 Å². The van der Waals surface area contributed by atoms with Crippen LogP contribution in [0.15, 0.2) is 60.7 Å². The first-order valence-electron chi connectivity index (χ1n) is 7.87. The van der Waals surface area contributed by atoms with Crippen LogP contribution in [0.1, 0.15) is 11.1 Å². The first kappa shape index (κ1) is 17.1. The Labute approximate surface area is 147 Å². The molecule has 1 unspecified atom stereocenters. The van der Waals surface area contributed by atoms with Gasteiger partial charge in [-0.3, -0.25) is 4.57 Å². The third-order valence-corrected chi connectivity index (χ3v) is 5.29. The molecule has 0 heterocycles. The molecular formula is C20H19O4P. The van der Waals surface area contributed by atoms with E-state index >= 15 is 0 Å². The third-order valence-electron chi connectivity index (χ3n) is 4.02. The van der Waals surface area contributed by atoms with E-state index < -0.39 is 8.03 Å². The summed E-state index contributed by atoms with van der Waals surface area (Å²) in [6.07, 6.45) is 0. The van der Waals surface area contributed by atoms with E-state index in [0.29, 0.717) is 22.2 Å². The van der Waals surface area contributed by atoms with Gasteiger partial charge in [-0.05, 0) is 54.8 Å². The molecule has 0 aliphatic rings. The Morgan fingerprint density at radius 2 is 1.52 bits per heavy atom. The van der Waals surface area contributed by atoms with Gasteiger partial charge in [0.1, 0.15) is 17.2 Å². The largest absolute Gasteiger partial charge is 0.508 e. The van der Waals surface area contributed by atoms with Gasteiger partial charge in [0.25, 0.3) is 8.03 Å². The fourth-order valence-electron chi connectivity index (χ4n) is 2.74. The molecule has 0 saturated heterocycles. The molecule has 0 saturated carbocycles. The lowest BCUT2D eigenvalue weighted by Crippen LogP contribution is -2.05. The Hall–Kier alpha value is -2.71. The Bertz CT molecular complexity index is 930. The van der Waals surface area contributed by atoms with Crippen LogP contribution in [0.3, 0.4) is 0 Å². The lowest BCUT2D eigenvalue weighted by molar-refractivity contribution is 0.462. The van der Waals surface area contributed by atoms with Crippen molar-refractivity contribution < 1.29 is 19.3 Å². The second kappa shape index (κ2) is 7.04. The molecule has 0 bridgehead atoms. The number of aryl methyl sites for hydroxylation is 2. The lowest BCUT2D eigenvalue weighted by Gasteiger charge is -2.15. The maximum Gasteiger partial charge on any atom is 0.266 e. The zero-order valence-electron chi connectivity index (χ0n) is 14.0. The van der Waals surface area contributed by atoms with Gasteiger partial charge in [0.2, 0.25) is 0 Å². The van der Waals surface area contributed by atoms with Gasteiger partial charge in [0.05, 0.1) is 5.30 Å². The van der Waals surface area contributed by atoms with E-state index in [2.05, 4.69) is 0 Å². The van der Waals surface area contributed by atoms with Crippen LogP contribution in [0.25, 0.3) is 11.1 Å². The predicted octanol–water partition coefficient (Wildman–Crippen LogP) is 4.56. The molecule has 3 aromatic carbocycles. The number of rotatable bonds is 4. The van der Waals surface area contributed by atoms with E-state index in [-0.39, 0.29) is 11.5 Å². The summed E-state index contributed by atoms with van der Waals surface area (Å²) in [4.78, 5) is 0. The highest BCUT2D eigenvalue weighted by Crippen LogP contribution is 2.37. The summed E-state index contributed by atoms with van der Waals surface area (Å²) in [7, 11) is -2.61. The molecule has 0 radical (unpaired) electrons. The monoisotopic (exact) mass is 354 g/mol. The molecule has 1 atom stereocenters. The molecule has 25 heavy (non-hydrogen) atoms. The lowest BCUT2D eigenvalue weighted by atomic mass is 10.0. The van der Waals surface area contributed by atoms with Crippen LogP contribution in [0, 0.1) is 13.8 Å². The van der Waals surface area contributed by atoms with Crippen molar-refractivity contribution in [2.24, 2.45) is 0 Å². The molecule has 0 aliphatic heterocycles. The molecular weight excluding hydrogens is 335 g/mol. The average molecular weight is 354 g/mol. The number of aromatic hydroxyl groups is 2. The van der Waals surface area contributed by atoms with Crippen LogP contribution in [0.5, 0.6) is 17.2 Å². The van der Waals surface area contributed by atoms with Crippen molar-refractivity contribution in [3.8, 4) is 28.4 Å². The molecule has 5 heteroatoms. The zero-order chi connectivity index (χ0) is 18.0. The highest BCUT2D eigenvalue weighted by molar-refractivity contribution is 7.49. The molecule has 0 aliphatic carbocycles. The Morgan fingerprint density at radius 1 is 0.840 bits per heavy atom. The first-order valence-corrected chi connectivity index (χ1v) is 9.19. The Morgan fingerprint density at radius 3 is 2.24 bits per heavy atom. The number of hydrogen-bond acceptors (Lipinski definition) is 4. The maximum atomic E-state index is 12.9. The van der Waals surface area contributed by atoms with Gasteiger partial charge < -0.3 is 14.7 Å². The maximum absolute atomic E-state index is 12.9. The minimum absolute atomic E-state index is 0.00659. The van der Waals surface area contributed by atoms with Crippen molar-refractivity contribution in [3.05, 3.63) is 71.8 Å². The van der Waals surface area contributed by atoms with Gasteiger partial charge in [0.15, 0.2) is 0 Å². The van der Waals surface area contributed by atoms with Gasteiger partial charge in [-0.15, -0.1) is 0 Å². The second-order valence-corrected chi connectivity index (χ2v) is 7.18. The molecule has 128 valence electrons. The topological polar surface area (TPSA) is 66.8 Å². The Kier molecular flexibility index (Phi) is 4.82. The second-order valence-electron chi connectivity index (χ2n) is 5.86. The van der Waals surface area contributed by atoms with Crippen LogP contribution < -0.4 is 9.83 Å². The van der Waals surface area contributed by atoms with Gasteiger partial charge in [-0.2, -0.15) is 0 Å². The van der Waals surface area contributed by atoms with Crippen LogP contribution >= 0.6 is 8.03 Å². The molecule has 0 fully saturated rings. The van der Waals surface area contributed by atoms with Crippen molar-refractivity contribution in [2.45, 2.75) is 13.8 Å². The normalized spacial score (nSPS) is 11.9. The molecule has 4 nitrogen and oxygen atoms in total. The van der Waals surface area contributed by atoms with Gasteiger partial charge in [-0.25, -0.2) is 0 Å². The number of phenols is 2. The summed E-state index contributed by atoms with van der Waals surface area (Å²) >= 11 is 0. The summed E-state index contributed by atoms with van der Waals surface area (Å²) in [5.41, 5.74) is 2.82. The molecule has 2 N–H and O–H groups in total. The highest BCUT2D eigenvalue weighted by Gasteiger charge is 2.17. The average Bonchev–Trinajstić information content (AvgIpc) is 2.60. The van der Waals surface area contributed by atoms with Crippen LogP contribution in [-0.4, -0.2) is 10.2 Å². The van der Waals surface area contributed by atoms with Gasteiger partial charge in [0, 0.05) is 5.56 Å². The third kappa shape index (κ3) is 3.54. The summed E-state index contributed by atoms with van der Waals surface area (Å²) < 4.78 is 18.7. The van der Waals surface area contributed by atoms with Crippen LogP contribution in [-0.2, 0) is 4.57 Å². The highest BCUT2D eigenvalue weighted by atomic mass is 31.1.